The molecule has 2 fully saturated rings. The predicted molar refractivity (Wildman–Crippen MR) is 400 cm³/mol. The number of carbonyl (C=O) groups excluding carboxylic acids is 2. The first-order valence-electron chi connectivity index (χ1n) is 33.0. The van der Waals surface area contributed by atoms with Crippen molar-refractivity contribution in [3.8, 4) is 0 Å². The minimum atomic E-state index is -3.07. The van der Waals surface area contributed by atoms with Crippen LogP contribution in [0.25, 0.3) is 0 Å². The molecule has 0 aromatic heterocycles. The van der Waals surface area contributed by atoms with E-state index in [-0.39, 0.29) is 16.9 Å². The number of aliphatic hydroxyl groups excluding tert-OH is 1. The lowest BCUT2D eigenvalue weighted by Gasteiger charge is -2.27. The van der Waals surface area contributed by atoms with Crippen LogP contribution in [0.3, 0.4) is 0 Å². The fourth-order valence-electron chi connectivity index (χ4n) is 10.2. The lowest BCUT2D eigenvalue weighted by Crippen LogP contribution is -2.32. The Balaban J connectivity index is 0.000000295. The Morgan fingerprint density at radius 2 is 0.989 bits per heavy atom. The van der Waals surface area contributed by atoms with E-state index in [1.54, 1.807) is 37.6 Å². The summed E-state index contributed by atoms with van der Waals surface area (Å²) in [6.45, 7) is 23.8. The lowest BCUT2D eigenvalue weighted by molar-refractivity contribution is 0.0225. The number of nitrogens with zero attached hydrogens (tertiary/aromatic N) is 2. The van der Waals surface area contributed by atoms with Gasteiger partial charge in [-0.05, 0) is 146 Å². The largest absolute Gasteiger partial charge is 0.400 e. The number of morpholine rings is 1. The molecule has 0 spiro atoms. The number of likely N-dealkylation sites (N-methyl/N-ethyl adjacent to an activating group) is 1. The van der Waals surface area contributed by atoms with Crippen molar-refractivity contribution >= 4 is 59.0 Å². The van der Waals surface area contributed by atoms with Gasteiger partial charge < -0.3 is 29.0 Å². The number of ketones is 1. The quantitative estimate of drug-likeness (QED) is 0.0420. The van der Waals surface area contributed by atoms with E-state index in [0.29, 0.717) is 16.6 Å². The monoisotopic (exact) mass is 1310 g/mol. The maximum atomic E-state index is 13.0. The number of carbonyl (C=O) groups is 2. The second kappa shape index (κ2) is 44.9. The lowest BCUT2D eigenvalue weighted by atomic mass is 9.87. The molecule has 1 unspecified atom stereocenters. The molecule has 1 saturated carbocycles. The van der Waals surface area contributed by atoms with E-state index in [1.807, 2.05) is 174 Å². The van der Waals surface area contributed by atoms with Crippen molar-refractivity contribution in [2.75, 3.05) is 60.8 Å². The maximum absolute atomic E-state index is 13.0. The van der Waals surface area contributed by atoms with Gasteiger partial charge in [-0.15, -0.1) is 0 Å². The molecule has 10 rings (SSSR count). The standard InChI is InChI=1S/C21H25NOS.C17H19O2P.C13H13OP.C9H12.C8H10.C7H14O.C5H11NO.CH4O/c1-3-4-5-9-12-20(22-2)21(23)17-13-15-19(16-14-17)24-18-10-7-6-8-11-18;1-12-10-13(2)16(14(3)11-12)17(18)20(4,19)15-8-6-5-7-9-15;1-15(14,12-8-4-2-5-9-12)13-10-6-3-7-11-13;1-3-9-6-4-8(2)5-7-9;1-2-8-6-4-3-5-7-8;1-7(8)5-3-2-4-6-7;1-6-2-4-7-5-3-6;1-2/h6-8,10-11,13-16H,3-5,9,12H2,1-2H3;5-11H,1-4H3;2-11H,1H3;4-7H,3H2,1-2H3;3-7H,2H2,1H3;8H,2-6H2,1H3;2-5H2,1H3;2H,1H3. The van der Waals surface area contributed by atoms with Gasteiger partial charge in [0.1, 0.15) is 7.14 Å². The van der Waals surface area contributed by atoms with Crippen LogP contribution in [-0.2, 0) is 26.7 Å². The Hall–Kier alpha value is -6.58. The topological polar surface area (TPSA) is 134 Å². The summed E-state index contributed by atoms with van der Waals surface area (Å²) < 4.78 is 30.7. The number of rotatable bonds is 16. The molecule has 12 heteroatoms. The van der Waals surface area contributed by atoms with Crippen LogP contribution in [0.2, 0.25) is 0 Å². The van der Waals surface area contributed by atoms with E-state index >= 15 is 0 Å². The van der Waals surface area contributed by atoms with Gasteiger partial charge in [-0.2, -0.15) is 0 Å². The van der Waals surface area contributed by atoms with Crippen molar-refractivity contribution in [2.45, 2.75) is 148 Å². The molecule has 0 amide bonds. The molecule has 9 nitrogen and oxygen atoms in total. The molecule has 1 aliphatic heterocycles. The maximum Gasteiger partial charge on any atom is 0.225 e. The Morgan fingerprint density at radius 3 is 1.39 bits per heavy atom. The highest BCUT2D eigenvalue weighted by Crippen LogP contribution is 2.45. The number of aliphatic hydroxyl groups is 2. The van der Waals surface area contributed by atoms with Crippen LogP contribution in [0.5, 0.6) is 0 Å². The molecular formula is C81H108N2O7P2S. The summed E-state index contributed by atoms with van der Waals surface area (Å²) in [4.78, 5) is 34.1. The molecule has 0 bridgehead atoms. The van der Waals surface area contributed by atoms with Gasteiger partial charge in [-0.1, -0.05) is 258 Å². The van der Waals surface area contributed by atoms with Gasteiger partial charge in [0.05, 0.1) is 24.5 Å². The second-order valence-electron chi connectivity index (χ2n) is 23.8. The average Bonchev–Trinajstić information content (AvgIpc) is 0.859. The van der Waals surface area contributed by atoms with Crippen molar-refractivity contribution in [1.82, 2.24) is 4.90 Å². The van der Waals surface area contributed by atoms with Crippen molar-refractivity contribution < 1.29 is 33.7 Å². The summed E-state index contributed by atoms with van der Waals surface area (Å²) >= 11 is 1.70. The molecular weight excluding hydrogens is 1210 g/mol. The summed E-state index contributed by atoms with van der Waals surface area (Å²) in [6.07, 6.45) is 13.4. The first-order chi connectivity index (χ1) is 44.6. The van der Waals surface area contributed by atoms with Crippen LogP contribution in [-0.4, -0.2) is 98.6 Å². The third-order valence-corrected chi connectivity index (χ3v) is 21.7. The van der Waals surface area contributed by atoms with Crippen molar-refractivity contribution in [3.63, 3.8) is 0 Å². The molecule has 500 valence electrons. The summed E-state index contributed by atoms with van der Waals surface area (Å²) in [5, 5.41) is 18.8. The molecule has 2 N–H and O–H groups in total. The molecule has 2 aliphatic rings. The Labute approximate surface area is 564 Å². The minimum absolute atomic E-state index is 0.0604. The molecule has 1 saturated heterocycles. The zero-order valence-electron chi connectivity index (χ0n) is 58.2. The minimum Gasteiger partial charge on any atom is -0.400 e. The SMILES string of the molecule is CC1(O)CCCCC1.CCCCCCC(=NC)C(=O)c1ccc(Sc2ccccc2)cc1.CCc1ccc(C)cc1.CCc1ccccc1.CN1CCOCC1.CO.CP(=O)(c1ccccc1)c1ccccc1.Cc1cc(C)c(C(=O)P(C)(=O)c2ccccc2)c(C)c1. The van der Waals surface area contributed by atoms with Crippen LogP contribution in [0.15, 0.2) is 227 Å². The first-order valence-corrected chi connectivity index (χ1v) is 38.1. The molecule has 93 heavy (non-hydrogen) atoms. The van der Waals surface area contributed by atoms with E-state index < -0.39 is 14.3 Å². The highest BCUT2D eigenvalue weighted by Gasteiger charge is 2.31. The van der Waals surface area contributed by atoms with Gasteiger partial charge >= 0.3 is 0 Å². The number of Topliss-reactive ketones (excluding diaryl/α,β-unsaturated/α-hetero) is 1. The summed E-state index contributed by atoms with van der Waals surface area (Å²) in [7, 11) is -0.634. The zero-order chi connectivity index (χ0) is 68.5. The van der Waals surface area contributed by atoms with E-state index in [0.717, 1.165) is 116 Å². The third kappa shape index (κ3) is 30.6. The molecule has 0 radical (unpaired) electrons. The van der Waals surface area contributed by atoms with Gasteiger partial charge in [0.25, 0.3) is 0 Å². The van der Waals surface area contributed by atoms with Crippen LogP contribution in [0.4, 0.5) is 0 Å². The average molecular weight is 1320 g/mol. The van der Waals surface area contributed by atoms with Gasteiger partial charge in [0.2, 0.25) is 11.3 Å². The number of unbranched alkanes of at least 4 members (excludes halogenated alkanes) is 3. The van der Waals surface area contributed by atoms with Crippen LogP contribution in [0, 0.1) is 27.7 Å². The van der Waals surface area contributed by atoms with Crippen molar-refractivity contribution in [3.05, 3.63) is 257 Å². The fraction of sp³-hybridized carbons (Fsp3) is 0.370. The van der Waals surface area contributed by atoms with Crippen LogP contribution < -0.4 is 15.9 Å². The van der Waals surface area contributed by atoms with E-state index in [1.165, 1.54) is 53.7 Å². The Morgan fingerprint density at radius 1 is 0.559 bits per heavy atom. The summed E-state index contributed by atoms with van der Waals surface area (Å²) in [6, 6.07) is 69.4. The molecule has 1 atom stereocenters. The number of aryl methyl sites for hydroxylation is 6. The smallest absolute Gasteiger partial charge is 0.225 e. The third-order valence-electron chi connectivity index (χ3n) is 15.9. The van der Waals surface area contributed by atoms with Gasteiger partial charge in [0.15, 0.2) is 7.14 Å². The normalized spacial score (nSPS) is 13.8. The molecule has 8 aromatic rings. The van der Waals surface area contributed by atoms with Gasteiger partial charge in [0, 0.05) is 70.7 Å². The number of aliphatic imine (C=N–C) groups is 1. The van der Waals surface area contributed by atoms with E-state index in [4.69, 9.17) is 9.84 Å². The van der Waals surface area contributed by atoms with Gasteiger partial charge in [-0.3, -0.25) is 14.6 Å². The number of benzene rings is 8. The number of hydrogen-bond donors (Lipinski definition) is 2. The highest BCUT2D eigenvalue weighted by molar-refractivity contribution is 7.99. The Bertz CT molecular complexity index is 3380. The number of hydrogen-bond acceptors (Lipinski definition) is 10. The van der Waals surface area contributed by atoms with Crippen LogP contribution >= 0.6 is 26.0 Å². The molecule has 1 aliphatic carbocycles. The molecule has 1 heterocycles. The Kier molecular flexibility index (Phi) is 39.0. The van der Waals surface area contributed by atoms with Crippen molar-refractivity contribution in [1.29, 1.82) is 0 Å². The fourth-order valence-corrected chi connectivity index (χ4v) is 14.5. The van der Waals surface area contributed by atoms with Crippen molar-refractivity contribution in [2.24, 2.45) is 4.99 Å². The predicted octanol–water partition coefficient (Wildman–Crippen LogP) is 18.8. The number of ether oxygens (including phenoxy) is 1. The van der Waals surface area contributed by atoms with Crippen LogP contribution in [0.1, 0.15) is 146 Å². The second-order valence-corrected chi connectivity index (χ2v) is 30.6. The van der Waals surface area contributed by atoms with Gasteiger partial charge in [-0.25, -0.2) is 0 Å². The first kappa shape index (κ1) is 80.7. The highest BCUT2D eigenvalue weighted by atomic mass is 32.2. The summed E-state index contributed by atoms with van der Waals surface area (Å²) in [5.74, 6) is 0.0604. The van der Waals surface area contributed by atoms with E-state index in [9.17, 15) is 23.8 Å². The molecule has 8 aromatic carbocycles. The zero-order valence-corrected chi connectivity index (χ0v) is 60.8. The summed E-state index contributed by atoms with van der Waals surface area (Å²) in [5.41, 5.74) is 8.51. The van der Waals surface area contributed by atoms with E-state index in [2.05, 4.69) is 105 Å².